The number of alkyl halides is 5. The highest BCUT2D eigenvalue weighted by atomic mass is 35.5. The third-order valence-electron chi connectivity index (χ3n) is 4.82. The Hall–Kier alpha value is -3.39. The normalized spacial score (nSPS) is 11.8. The molecule has 0 aliphatic carbocycles. The zero-order valence-electron chi connectivity index (χ0n) is 18.8. The van der Waals surface area contributed by atoms with E-state index in [0.717, 1.165) is 23.0 Å². The Morgan fingerprint density at radius 3 is 2.54 bits per heavy atom. The standard InChI is InChI=1S/C22H19ClF5N5O3S/c23-17-10-30-19(31-12-21(24,25)16-7-3-4-8-33(16)36)20(35)32(17)11-18(34)29-9-14-5-1-2-6-15(14)37-13-22(26,27)28/h1-8,10H,9,11-13H2,(H,29,34)(H,30,31). The van der Waals surface area contributed by atoms with Gasteiger partial charge in [-0.2, -0.15) is 26.7 Å². The highest BCUT2D eigenvalue weighted by molar-refractivity contribution is 7.99. The summed E-state index contributed by atoms with van der Waals surface area (Å²) >= 11 is 6.54. The molecule has 0 atom stereocenters. The number of hydrogen-bond donors (Lipinski definition) is 2. The minimum absolute atomic E-state index is 0.000620. The molecule has 3 rings (SSSR count). The van der Waals surface area contributed by atoms with Crippen LogP contribution in [0, 0.1) is 5.21 Å². The van der Waals surface area contributed by atoms with Crippen molar-refractivity contribution < 1.29 is 31.5 Å². The van der Waals surface area contributed by atoms with Crippen molar-refractivity contribution >= 4 is 35.1 Å². The Kier molecular flexibility index (Phi) is 8.97. The molecule has 2 N–H and O–H groups in total. The number of thioether (sulfide) groups is 1. The Bertz CT molecular complexity index is 1320. The van der Waals surface area contributed by atoms with Crippen LogP contribution >= 0.6 is 23.4 Å². The van der Waals surface area contributed by atoms with Crippen LogP contribution in [0.2, 0.25) is 5.15 Å². The lowest BCUT2D eigenvalue weighted by Gasteiger charge is -2.17. The second-order valence-corrected chi connectivity index (χ2v) is 8.98. The average Bonchev–Trinajstić information content (AvgIpc) is 2.83. The third kappa shape index (κ3) is 7.79. The Balaban J connectivity index is 1.67. The van der Waals surface area contributed by atoms with Gasteiger partial charge in [-0.1, -0.05) is 29.8 Å². The molecule has 0 unspecified atom stereocenters. The SMILES string of the molecule is O=C(Cn1c(Cl)cnc(NCC(F)(F)c2cccc[n+]2[O-])c1=O)NCc1ccccc1SCC(F)(F)F. The quantitative estimate of drug-likeness (QED) is 0.169. The van der Waals surface area contributed by atoms with Crippen LogP contribution in [-0.4, -0.2) is 33.9 Å². The fraction of sp³-hybridized carbons (Fsp3) is 0.273. The van der Waals surface area contributed by atoms with Gasteiger partial charge in [-0.15, -0.1) is 11.8 Å². The second-order valence-electron chi connectivity index (χ2n) is 7.58. The van der Waals surface area contributed by atoms with Gasteiger partial charge >= 0.3 is 12.1 Å². The molecule has 0 saturated carbocycles. The number of anilines is 1. The first-order valence-electron chi connectivity index (χ1n) is 10.5. The van der Waals surface area contributed by atoms with Crippen LogP contribution in [0.15, 0.2) is 64.5 Å². The number of halogens is 6. The number of carbonyl (C=O) groups is 1. The summed E-state index contributed by atoms with van der Waals surface area (Å²) in [4.78, 5) is 29.2. The first kappa shape index (κ1) is 28.2. The maximum atomic E-state index is 14.5. The zero-order chi connectivity index (χ0) is 27.2. The lowest BCUT2D eigenvalue weighted by atomic mass is 10.2. The Morgan fingerprint density at radius 1 is 1.14 bits per heavy atom. The summed E-state index contributed by atoms with van der Waals surface area (Å²) in [5, 5.41) is 16.1. The first-order chi connectivity index (χ1) is 17.4. The fourth-order valence-electron chi connectivity index (χ4n) is 3.08. The van der Waals surface area contributed by atoms with Gasteiger partial charge < -0.3 is 15.8 Å². The lowest BCUT2D eigenvalue weighted by molar-refractivity contribution is -0.624. The van der Waals surface area contributed by atoms with Gasteiger partial charge in [-0.3, -0.25) is 14.2 Å². The van der Waals surface area contributed by atoms with Gasteiger partial charge in [0.2, 0.25) is 5.91 Å². The molecule has 0 spiro atoms. The molecule has 0 saturated heterocycles. The first-order valence-corrected chi connectivity index (χ1v) is 11.8. The van der Waals surface area contributed by atoms with E-state index in [-0.39, 0.29) is 16.4 Å². The fourth-order valence-corrected chi connectivity index (χ4v) is 4.08. The number of nitrogens with one attached hydrogen (secondary N) is 2. The van der Waals surface area contributed by atoms with Gasteiger partial charge in [0, 0.05) is 23.6 Å². The summed E-state index contributed by atoms with van der Waals surface area (Å²) in [7, 11) is 0. The van der Waals surface area contributed by atoms with Crippen LogP contribution in [0.4, 0.5) is 27.8 Å². The second kappa shape index (κ2) is 11.8. The van der Waals surface area contributed by atoms with E-state index in [1.807, 2.05) is 0 Å². The molecule has 0 radical (unpaired) electrons. The number of nitrogens with zero attached hydrogens (tertiary/aromatic N) is 3. The van der Waals surface area contributed by atoms with Gasteiger partial charge in [0.25, 0.3) is 11.3 Å². The van der Waals surface area contributed by atoms with Gasteiger partial charge in [-0.05, 0) is 17.7 Å². The number of hydrogen-bond acceptors (Lipinski definition) is 6. The summed E-state index contributed by atoms with van der Waals surface area (Å²) in [5.74, 6) is -6.00. The smallest absolute Gasteiger partial charge is 0.398 e. The monoisotopic (exact) mass is 563 g/mol. The molecule has 1 aromatic carbocycles. The molecule has 0 bridgehead atoms. The van der Waals surface area contributed by atoms with Gasteiger partial charge in [-0.25, -0.2) is 4.98 Å². The van der Waals surface area contributed by atoms with Crippen molar-refractivity contribution in [2.45, 2.75) is 30.1 Å². The predicted octanol–water partition coefficient (Wildman–Crippen LogP) is 3.70. The van der Waals surface area contributed by atoms with E-state index in [0.29, 0.717) is 22.2 Å². The number of benzene rings is 1. The number of pyridine rings is 1. The molecule has 3 aromatic rings. The maximum Gasteiger partial charge on any atom is 0.398 e. The molecule has 1 amide bonds. The van der Waals surface area contributed by atoms with Crippen LogP contribution in [0.25, 0.3) is 0 Å². The molecule has 0 aliphatic rings. The van der Waals surface area contributed by atoms with Gasteiger partial charge in [0.15, 0.2) is 12.0 Å². The van der Waals surface area contributed by atoms with Crippen molar-refractivity contribution in [3.63, 3.8) is 0 Å². The highest BCUT2D eigenvalue weighted by Gasteiger charge is 2.39. The zero-order valence-corrected chi connectivity index (χ0v) is 20.3. The molecule has 37 heavy (non-hydrogen) atoms. The minimum atomic E-state index is -4.37. The van der Waals surface area contributed by atoms with Crippen LogP contribution in [0.1, 0.15) is 11.3 Å². The lowest BCUT2D eigenvalue weighted by Crippen LogP contribution is -2.41. The molecule has 0 fully saturated rings. The molecule has 2 heterocycles. The number of rotatable bonds is 10. The van der Waals surface area contributed by atoms with E-state index in [9.17, 15) is 36.7 Å². The minimum Gasteiger partial charge on any atom is -0.618 e. The topological polar surface area (TPSA) is 103 Å². The highest BCUT2D eigenvalue weighted by Crippen LogP contribution is 2.29. The summed E-state index contributed by atoms with van der Waals surface area (Å²) < 4.78 is 67.4. The summed E-state index contributed by atoms with van der Waals surface area (Å²) in [5.41, 5.74) is -1.38. The largest absolute Gasteiger partial charge is 0.618 e. The van der Waals surface area contributed by atoms with E-state index in [4.69, 9.17) is 11.6 Å². The van der Waals surface area contributed by atoms with E-state index in [1.54, 1.807) is 18.2 Å². The molecule has 15 heteroatoms. The molecule has 0 aliphatic heterocycles. The summed E-state index contributed by atoms with van der Waals surface area (Å²) in [6, 6.07) is 9.67. The maximum absolute atomic E-state index is 14.5. The average molecular weight is 564 g/mol. The number of aromatic nitrogens is 3. The van der Waals surface area contributed by atoms with Crippen LogP contribution < -0.4 is 20.9 Å². The molecular weight excluding hydrogens is 545 g/mol. The van der Waals surface area contributed by atoms with Crippen LogP contribution in [0.5, 0.6) is 0 Å². The molecule has 2 aromatic heterocycles. The van der Waals surface area contributed by atoms with Crippen LogP contribution in [0.3, 0.4) is 0 Å². The molecule has 8 nitrogen and oxygen atoms in total. The molecular formula is C22H19ClF5N5O3S. The van der Waals surface area contributed by atoms with E-state index >= 15 is 0 Å². The van der Waals surface area contributed by atoms with Crippen molar-refractivity contribution in [1.29, 1.82) is 0 Å². The van der Waals surface area contributed by atoms with Crippen LogP contribution in [-0.2, 0) is 23.8 Å². The van der Waals surface area contributed by atoms with Gasteiger partial charge in [0.05, 0.1) is 18.5 Å². The number of amides is 1. The van der Waals surface area contributed by atoms with E-state index in [2.05, 4.69) is 15.6 Å². The third-order valence-corrected chi connectivity index (χ3v) is 6.31. The van der Waals surface area contributed by atoms with Crippen molar-refractivity contribution in [3.8, 4) is 0 Å². The Labute approximate surface area is 216 Å². The Morgan fingerprint density at radius 2 is 1.84 bits per heavy atom. The van der Waals surface area contributed by atoms with Crippen molar-refractivity contribution in [1.82, 2.24) is 14.9 Å². The number of carbonyl (C=O) groups excluding carboxylic acids is 1. The summed E-state index contributed by atoms with van der Waals surface area (Å²) in [6.45, 7) is -1.87. The van der Waals surface area contributed by atoms with E-state index in [1.165, 1.54) is 18.2 Å². The predicted molar refractivity (Wildman–Crippen MR) is 126 cm³/mol. The van der Waals surface area contributed by atoms with E-state index < -0.39 is 53.9 Å². The summed E-state index contributed by atoms with van der Waals surface area (Å²) in [6.07, 6.45) is -2.48. The van der Waals surface area contributed by atoms with Crippen molar-refractivity contribution in [2.75, 3.05) is 17.6 Å². The van der Waals surface area contributed by atoms with Gasteiger partial charge in [0.1, 0.15) is 11.7 Å². The molecule has 198 valence electrons. The van der Waals surface area contributed by atoms with Crippen molar-refractivity contribution in [2.24, 2.45) is 0 Å². The van der Waals surface area contributed by atoms with Crippen molar-refractivity contribution in [3.05, 3.63) is 86.8 Å².